The van der Waals surface area contributed by atoms with Crippen molar-refractivity contribution >= 4 is 22.9 Å². The van der Waals surface area contributed by atoms with Crippen LogP contribution in [0.5, 0.6) is 0 Å². The molecule has 1 aliphatic heterocycles. The molecular formula is C10H16ClN3S. The van der Waals surface area contributed by atoms with Crippen LogP contribution in [0.2, 0.25) is 4.47 Å². The summed E-state index contributed by atoms with van der Waals surface area (Å²) in [6, 6.07) is 0. The minimum Gasteiger partial charge on any atom is -0.317 e. The van der Waals surface area contributed by atoms with E-state index in [1.807, 2.05) is 6.20 Å². The molecule has 0 aromatic carbocycles. The van der Waals surface area contributed by atoms with Crippen LogP contribution >= 0.6 is 22.9 Å². The van der Waals surface area contributed by atoms with Crippen molar-refractivity contribution in [2.24, 2.45) is 5.92 Å². The van der Waals surface area contributed by atoms with Crippen molar-refractivity contribution in [3.05, 3.63) is 15.5 Å². The lowest BCUT2D eigenvalue weighted by atomic mass is 9.98. The zero-order chi connectivity index (χ0) is 10.5. The normalized spacial score (nSPS) is 18.2. The van der Waals surface area contributed by atoms with E-state index in [1.54, 1.807) is 11.3 Å². The fraction of sp³-hybridized carbons (Fsp3) is 0.700. The summed E-state index contributed by atoms with van der Waals surface area (Å²) in [7, 11) is 0. The molecule has 0 atom stereocenters. The molecule has 0 aliphatic carbocycles. The summed E-state index contributed by atoms with van der Waals surface area (Å²) in [5.74, 6) is 0.828. The predicted molar refractivity (Wildman–Crippen MR) is 64.4 cm³/mol. The van der Waals surface area contributed by atoms with Crippen LogP contribution in [0.1, 0.15) is 17.7 Å². The molecule has 84 valence electrons. The molecule has 0 radical (unpaired) electrons. The van der Waals surface area contributed by atoms with Gasteiger partial charge in [-0.15, -0.1) is 11.3 Å². The molecule has 5 heteroatoms. The molecule has 0 bridgehead atoms. The first-order valence-electron chi connectivity index (χ1n) is 5.36. The molecule has 0 saturated carbocycles. The molecular weight excluding hydrogens is 230 g/mol. The molecule has 2 heterocycles. The van der Waals surface area contributed by atoms with Crippen LogP contribution in [0.15, 0.2) is 6.20 Å². The van der Waals surface area contributed by atoms with Gasteiger partial charge in [-0.05, 0) is 38.4 Å². The van der Waals surface area contributed by atoms with E-state index in [4.69, 9.17) is 11.6 Å². The number of hydrogen-bond donors (Lipinski definition) is 2. The van der Waals surface area contributed by atoms with Crippen molar-refractivity contribution in [3.8, 4) is 0 Å². The Bertz CT molecular complexity index is 297. The van der Waals surface area contributed by atoms with Gasteiger partial charge in [0.2, 0.25) is 0 Å². The van der Waals surface area contributed by atoms with E-state index in [-0.39, 0.29) is 0 Å². The lowest BCUT2D eigenvalue weighted by molar-refractivity contribution is 0.357. The molecule has 1 fully saturated rings. The molecule has 2 rings (SSSR count). The second-order valence-electron chi connectivity index (χ2n) is 3.90. The minimum atomic E-state index is 0.633. The van der Waals surface area contributed by atoms with E-state index in [2.05, 4.69) is 15.6 Å². The number of thiazole rings is 1. The number of aromatic nitrogens is 1. The van der Waals surface area contributed by atoms with Crippen LogP contribution in [0.3, 0.4) is 0 Å². The number of piperidine rings is 1. The summed E-state index contributed by atoms with van der Waals surface area (Å²) in [6.07, 6.45) is 4.43. The lowest BCUT2D eigenvalue weighted by Crippen LogP contribution is -2.33. The summed E-state index contributed by atoms with van der Waals surface area (Å²) in [4.78, 5) is 5.23. The fourth-order valence-corrected chi connectivity index (χ4v) is 2.80. The van der Waals surface area contributed by atoms with Crippen molar-refractivity contribution < 1.29 is 0 Å². The van der Waals surface area contributed by atoms with E-state index in [1.165, 1.54) is 30.8 Å². The van der Waals surface area contributed by atoms with Gasteiger partial charge in [-0.3, -0.25) is 0 Å². The third kappa shape index (κ3) is 3.72. The number of hydrogen-bond acceptors (Lipinski definition) is 4. The van der Waals surface area contributed by atoms with Crippen molar-refractivity contribution in [1.29, 1.82) is 0 Å². The summed E-state index contributed by atoms with van der Waals surface area (Å²) in [5.41, 5.74) is 0. The van der Waals surface area contributed by atoms with Crippen molar-refractivity contribution in [1.82, 2.24) is 15.6 Å². The molecule has 0 spiro atoms. The van der Waals surface area contributed by atoms with Crippen molar-refractivity contribution in [3.63, 3.8) is 0 Å². The van der Waals surface area contributed by atoms with Crippen molar-refractivity contribution in [2.75, 3.05) is 19.6 Å². The molecule has 15 heavy (non-hydrogen) atoms. The molecule has 0 amide bonds. The Morgan fingerprint density at radius 3 is 3.00 bits per heavy atom. The molecule has 0 unspecified atom stereocenters. The van der Waals surface area contributed by atoms with Gasteiger partial charge in [0.05, 0.1) is 0 Å². The maximum atomic E-state index is 5.76. The van der Waals surface area contributed by atoms with Gasteiger partial charge in [0.15, 0.2) is 4.47 Å². The second-order valence-corrected chi connectivity index (χ2v) is 5.60. The Balaban J connectivity index is 1.65. The summed E-state index contributed by atoms with van der Waals surface area (Å²) >= 11 is 7.31. The summed E-state index contributed by atoms with van der Waals surface area (Å²) < 4.78 is 0.633. The van der Waals surface area contributed by atoms with Gasteiger partial charge < -0.3 is 10.6 Å². The minimum absolute atomic E-state index is 0.633. The van der Waals surface area contributed by atoms with Gasteiger partial charge in [-0.2, -0.15) is 0 Å². The SMILES string of the molecule is Clc1ncc(CNCC2CCNCC2)s1. The Labute approximate surface area is 99.2 Å². The molecule has 2 N–H and O–H groups in total. The van der Waals surface area contributed by atoms with Gasteiger partial charge in [-0.25, -0.2) is 4.98 Å². The highest BCUT2D eigenvalue weighted by molar-refractivity contribution is 7.15. The van der Waals surface area contributed by atoms with E-state index in [0.717, 1.165) is 19.0 Å². The maximum absolute atomic E-state index is 5.76. The molecule has 1 aliphatic rings. The lowest BCUT2D eigenvalue weighted by Gasteiger charge is -2.22. The average Bonchev–Trinajstić information content (AvgIpc) is 2.66. The maximum Gasteiger partial charge on any atom is 0.183 e. The first kappa shape index (κ1) is 11.3. The Hall–Kier alpha value is -0.160. The van der Waals surface area contributed by atoms with E-state index < -0.39 is 0 Å². The standard InChI is InChI=1S/C10H16ClN3S/c11-10-14-7-9(15-10)6-13-5-8-1-3-12-4-2-8/h7-8,12-13H,1-6H2. The quantitative estimate of drug-likeness (QED) is 0.851. The van der Waals surface area contributed by atoms with Gasteiger partial charge in [-0.1, -0.05) is 11.6 Å². The molecule has 3 nitrogen and oxygen atoms in total. The van der Waals surface area contributed by atoms with Gasteiger partial charge in [0.25, 0.3) is 0 Å². The Morgan fingerprint density at radius 1 is 1.53 bits per heavy atom. The topological polar surface area (TPSA) is 37.0 Å². The first-order valence-corrected chi connectivity index (χ1v) is 6.55. The van der Waals surface area contributed by atoms with Crippen LogP contribution in [-0.4, -0.2) is 24.6 Å². The molecule has 1 aromatic heterocycles. The highest BCUT2D eigenvalue weighted by Crippen LogP contribution is 2.17. The van der Waals surface area contributed by atoms with Gasteiger partial charge in [0, 0.05) is 17.6 Å². The van der Waals surface area contributed by atoms with Gasteiger partial charge in [0.1, 0.15) is 0 Å². The number of rotatable bonds is 4. The van der Waals surface area contributed by atoms with E-state index in [0.29, 0.717) is 4.47 Å². The smallest absolute Gasteiger partial charge is 0.183 e. The van der Waals surface area contributed by atoms with Crippen LogP contribution in [0.4, 0.5) is 0 Å². The molecule has 1 saturated heterocycles. The zero-order valence-electron chi connectivity index (χ0n) is 8.63. The fourth-order valence-electron chi connectivity index (χ4n) is 1.85. The number of nitrogens with one attached hydrogen (secondary N) is 2. The third-order valence-corrected chi connectivity index (χ3v) is 3.83. The summed E-state index contributed by atoms with van der Waals surface area (Å²) in [6.45, 7) is 4.34. The summed E-state index contributed by atoms with van der Waals surface area (Å²) in [5, 5.41) is 6.84. The highest BCUT2D eigenvalue weighted by atomic mass is 35.5. The van der Waals surface area contributed by atoms with E-state index in [9.17, 15) is 0 Å². The largest absolute Gasteiger partial charge is 0.317 e. The highest BCUT2D eigenvalue weighted by Gasteiger charge is 2.12. The Kier molecular flexibility index (Phi) is 4.38. The number of halogens is 1. The third-order valence-electron chi connectivity index (χ3n) is 2.72. The predicted octanol–water partition coefficient (Wildman–Crippen LogP) is 1.89. The monoisotopic (exact) mass is 245 g/mol. The Morgan fingerprint density at radius 2 is 2.33 bits per heavy atom. The first-order chi connectivity index (χ1) is 7.34. The van der Waals surface area contributed by atoms with Crippen LogP contribution in [0, 0.1) is 5.92 Å². The van der Waals surface area contributed by atoms with Crippen LogP contribution < -0.4 is 10.6 Å². The zero-order valence-corrected chi connectivity index (χ0v) is 10.2. The van der Waals surface area contributed by atoms with Gasteiger partial charge >= 0.3 is 0 Å². The van der Waals surface area contributed by atoms with E-state index >= 15 is 0 Å². The number of nitrogens with zero attached hydrogens (tertiary/aromatic N) is 1. The van der Waals surface area contributed by atoms with Crippen LogP contribution in [-0.2, 0) is 6.54 Å². The second kappa shape index (κ2) is 5.80. The van der Waals surface area contributed by atoms with Crippen molar-refractivity contribution in [2.45, 2.75) is 19.4 Å². The average molecular weight is 246 g/mol. The van der Waals surface area contributed by atoms with Crippen LogP contribution in [0.25, 0.3) is 0 Å². The molecule has 1 aromatic rings.